The summed E-state index contributed by atoms with van der Waals surface area (Å²) in [6, 6.07) is 2.19. The fourth-order valence-electron chi connectivity index (χ4n) is 3.95. The van der Waals surface area contributed by atoms with Crippen LogP contribution in [0.25, 0.3) is 11.3 Å². The lowest BCUT2D eigenvalue weighted by Gasteiger charge is -2.26. The molecule has 0 bridgehead atoms. The Morgan fingerprint density at radius 2 is 1.80 bits per heavy atom. The van der Waals surface area contributed by atoms with E-state index < -0.39 is 0 Å². The maximum Gasteiger partial charge on any atom is 0.171 e. The Bertz CT molecular complexity index is 855. The fraction of sp³-hybridized carbons (Fsp3) is 0.571. The van der Waals surface area contributed by atoms with E-state index in [-0.39, 0.29) is 6.10 Å². The molecule has 2 fully saturated rings. The van der Waals surface area contributed by atoms with E-state index in [9.17, 15) is 5.11 Å². The third-order valence-electron chi connectivity index (χ3n) is 5.81. The average molecular weight is 452 g/mol. The van der Waals surface area contributed by atoms with Crippen LogP contribution in [0.15, 0.2) is 18.5 Å². The van der Waals surface area contributed by atoms with Crippen LogP contribution in [0.2, 0.25) is 10.2 Å². The molecule has 0 aromatic carbocycles. The van der Waals surface area contributed by atoms with Gasteiger partial charge in [0.1, 0.15) is 5.82 Å². The molecule has 9 heteroatoms. The lowest BCUT2D eigenvalue weighted by Crippen LogP contribution is -2.28. The number of aromatic nitrogens is 3. The Labute approximate surface area is 186 Å². The summed E-state index contributed by atoms with van der Waals surface area (Å²) in [5, 5.41) is 17.3. The van der Waals surface area contributed by atoms with Crippen LogP contribution in [0.1, 0.15) is 38.5 Å². The molecule has 3 heterocycles. The van der Waals surface area contributed by atoms with Gasteiger partial charge in [0.15, 0.2) is 11.0 Å². The Hall–Kier alpha value is -1.67. The summed E-state index contributed by atoms with van der Waals surface area (Å²) in [5.74, 6) is 1.84. The number of nitrogens with zero attached hydrogens (tertiary/aromatic N) is 3. The molecule has 2 aromatic rings. The van der Waals surface area contributed by atoms with Crippen molar-refractivity contribution in [2.45, 2.75) is 50.7 Å². The van der Waals surface area contributed by atoms with Gasteiger partial charge in [-0.05, 0) is 50.5 Å². The van der Waals surface area contributed by atoms with Gasteiger partial charge < -0.3 is 20.5 Å². The van der Waals surface area contributed by atoms with Crippen molar-refractivity contribution in [3.63, 3.8) is 0 Å². The first-order chi connectivity index (χ1) is 14.6. The van der Waals surface area contributed by atoms with Crippen molar-refractivity contribution >= 4 is 34.8 Å². The van der Waals surface area contributed by atoms with Gasteiger partial charge in [0, 0.05) is 37.6 Å². The van der Waals surface area contributed by atoms with Crippen LogP contribution in [0.5, 0.6) is 0 Å². The number of halogens is 2. The molecule has 0 unspecified atom stereocenters. The largest absolute Gasteiger partial charge is 0.393 e. The topological polar surface area (TPSA) is 92.2 Å². The first-order valence-electron chi connectivity index (χ1n) is 10.5. The van der Waals surface area contributed by atoms with Gasteiger partial charge in [0.2, 0.25) is 0 Å². The van der Waals surface area contributed by atoms with Crippen molar-refractivity contribution in [1.82, 2.24) is 15.0 Å². The zero-order valence-electron chi connectivity index (χ0n) is 16.8. The summed E-state index contributed by atoms with van der Waals surface area (Å²) >= 11 is 12.7. The molecule has 1 saturated carbocycles. The van der Waals surface area contributed by atoms with Gasteiger partial charge in [-0.25, -0.2) is 15.0 Å². The van der Waals surface area contributed by atoms with Gasteiger partial charge >= 0.3 is 0 Å². The predicted octanol–water partition coefficient (Wildman–Crippen LogP) is 4.40. The molecule has 2 aliphatic rings. The standard InChI is InChI=1S/C21H27Cl2N5O2/c22-17-11-24-19(27-14-1-3-15(29)4-2-14)9-16(17)18-12-25-20(23)21(28-18)26-10-13-5-7-30-8-6-13/h9,11-15,29H,1-8,10H2,(H,24,27)(H,26,28). The van der Waals surface area contributed by atoms with E-state index in [1.165, 1.54) is 0 Å². The Kier molecular flexibility index (Phi) is 7.25. The summed E-state index contributed by atoms with van der Waals surface area (Å²) in [6.45, 7) is 2.38. The zero-order chi connectivity index (χ0) is 20.9. The van der Waals surface area contributed by atoms with Crippen molar-refractivity contribution < 1.29 is 9.84 Å². The number of hydrogen-bond acceptors (Lipinski definition) is 7. The van der Waals surface area contributed by atoms with E-state index in [4.69, 9.17) is 27.9 Å². The van der Waals surface area contributed by atoms with Crippen LogP contribution in [-0.2, 0) is 4.74 Å². The highest BCUT2D eigenvalue weighted by atomic mass is 35.5. The zero-order valence-corrected chi connectivity index (χ0v) is 18.3. The van der Waals surface area contributed by atoms with Crippen molar-refractivity contribution in [2.75, 3.05) is 30.4 Å². The normalized spacial score (nSPS) is 22.6. The third-order valence-corrected chi connectivity index (χ3v) is 6.38. The van der Waals surface area contributed by atoms with Crippen molar-refractivity contribution in [2.24, 2.45) is 5.92 Å². The lowest BCUT2D eigenvalue weighted by molar-refractivity contribution is 0.0699. The Morgan fingerprint density at radius 1 is 1.03 bits per heavy atom. The van der Waals surface area contributed by atoms with Gasteiger partial charge in [-0.15, -0.1) is 0 Å². The SMILES string of the molecule is OC1CCC(Nc2cc(-c3cnc(Cl)c(NCC4CCOCC4)n3)c(Cl)cn2)CC1. The molecule has 7 nitrogen and oxygen atoms in total. The van der Waals surface area contributed by atoms with E-state index in [0.29, 0.717) is 33.6 Å². The van der Waals surface area contributed by atoms with Gasteiger partial charge in [-0.1, -0.05) is 23.2 Å². The summed E-state index contributed by atoms with van der Waals surface area (Å²) < 4.78 is 5.42. The highest BCUT2D eigenvalue weighted by Crippen LogP contribution is 2.31. The number of ether oxygens (including phenoxy) is 1. The number of pyridine rings is 1. The molecular formula is C21H27Cl2N5O2. The molecule has 30 heavy (non-hydrogen) atoms. The molecule has 4 rings (SSSR count). The molecular weight excluding hydrogens is 425 g/mol. The van der Waals surface area contributed by atoms with Gasteiger partial charge in [-0.2, -0.15) is 0 Å². The number of anilines is 2. The molecule has 162 valence electrons. The van der Waals surface area contributed by atoms with Crippen LogP contribution in [-0.4, -0.2) is 52.0 Å². The van der Waals surface area contributed by atoms with Crippen LogP contribution in [0.3, 0.4) is 0 Å². The van der Waals surface area contributed by atoms with Crippen LogP contribution in [0, 0.1) is 5.92 Å². The molecule has 1 aliphatic carbocycles. The quantitative estimate of drug-likeness (QED) is 0.598. The molecule has 0 amide bonds. The predicted molar refractivity (Wildman–Crippen MR) is 119 cm³/mol. The molecule has 3 N–H and O–H groups in total. The molecule has 0 spiro atoms. The molecule has 2 aromatic heterocycles. The van der Waals surface area contributed by atoms with Crippen molar-refractivity contribution in [1.29, 1.82) is 0 Å². The van der Waals surface area contributed by atoms with Crippen molar-refractivity contribution in [3.8, 4) is 11.3 Å². The van der Waals surface area contributed by atoms with E-state index in [1.807, 2.05) is 6.07 Å². The van der Waals surface area contributed by atoms with Crippen LogP contribution in [0.4, 0.5) is 11.6 Å². The number of hydrogen-bond donors (Lipinski definition) is 3. The highest BCUT2D eigenvalue weighted by Gasteiger charge is 2.20. The number of aliphatic hydroxyl groups excluding tert-OH is 1. The van der Waals surface area contributed by atoms with Gasteiger partial charge in [0.25, 0.3) is 0 Å². The van der Waals surface area contributed by atoms with Crippen LogP contribution >= 0.6 is 23.2 Å². The maximum absolute atomic E-state index is 9.70. The second kappa shape index (κ2) is 10.1. The van der Waals surface area contributed by atoms with Gasteiger partial charge in [-0.3, -0.25) is 0 Å². The highest BCUT2D eigenvalue weighted by molar-refractivity contribution is 6.33. The number of aliphatic hydroxyl groups is 1. The minimum absolute atomic E-state index is 0.187. The van der Waals surface area contributed by atoms with E-state index in [1.54, 1.807) is 12.4 Å². The smallest absolute Gasteiger partial charge is 0.171 e. The second-order valence-electron chi connectivity index (χ2n) is 8.03. The lowest BCUT2D eigenvalue weighted by atomic mass is 9.93. The molecule has 0 atom stereocenters. The van der Waals surface area contributed by atoms with Crippen molar-refractivity contribution in [3.05, 3.63) is 28.6 Å². The Morgan fingerprint density at radius 3 is 2.57 bits per heavy atom. The maximum atomic E-state index is 9.70. The summed E-state index contributed by atoms with van der Waals surface area (Å²) in [5.41, 5.74) is 1.40. The van der Waals surface area contributed by atoms with Gasteiger partial charge in [0.05, 0.1) is 23.0 Å². The summed E-state index contributed by atoms with van der Waals surface area (Å²) in [4.78, 5) is 13.4. The average Bonchev–Trinajstić information content (AvgIpc) is 2.77. The Balaban J connectivity index is 1.48. The van der Waals surface area contributed by atoms with E-state index in [2.05, 4.69) is 25.6 Å². The first kappa shape index (κ1) is 21.6. The number of rotatable bonds is 6. The summed E-state index contributed by atoms with van der Waals surface area (Å²) in [6.07, 6.45) is 8.58. The van der Waals surface area contributed by atoms with Crippen LogP contribution < -0.4 is 10.6 Å². The van der Waals surface area contributed by atoms with E-state index in [0.717, 1.165) is 69.7 Å². The minimum atomic E-state index is -0.187. The molecule has 1 aliphatic heterocycles. The monoisotopic (exact) mass is 451 g/mol. The van der Waals surface area contributed by atoms with E-state index >= 15 is 0 Å². The second-order valence-corrected chi connectivity index (χ2v) is 8.80. The number of nitrogens with one attached hydrogen (secondary N) is 2. The molecule has 0 radical (unpaired) electrons. The molecule has 1 saturated heterocycles. The minimum Gasteiger partial charge on any atom is -0.393 e. The summed E-state index contributed by atoms with van der Waals surface area (Å²) in [7, 11) is 0. The first-order valence-corrected chi connectivity index (χ1v) is 11.3. The third kappa shape index (κ3) is 5.52. The fourth-order valence-corrected chi connectivity index (χ4v) is 4.31.